The van der Waals surface area contributed by atoms with Crippen LogP contribution in [0.1, 0.15) is 21.7 Å². The molecule has 6 nitrogen and oxygen atoms in total. The summed E-state index contributed by atoms with van der Waals surface area (Å²) >= 11 is 0. The minimum Gasteiger partial charge on any atom is -0.495 e. The highest BCUT2D eigenvalue weighted by atomic mass is 19.1. The molecule has 3 rings (SSSR count). The number of methoxy groups -OCH3 is 1. The zero-order chi connectivity index (χ0) is 19.4. The van der Waals surface area contributed by atoms with Crippen molar-refractivity contribution >= 4 is 23.2 Å². The van der Waals surface area contributed by atoms with Gasteiger partial charge in [0.05, 0.1) is 12.8 Å². The summed E-state index contributed by atoms with van der Waals surface area (Å²) in [6, 6.07) is 13.0. The Hall–Kier alpha value is -3.48. The SMILES string of the molecule is COc1ccc(C)cc1NC(=O)c1cc(C)nc(Nc2cccc(F)c2)n1. The number of aryl methyl sites for hydroxylation is 2. The molecule has 3 aromatic rings. The summed E-state index contributed by atoms with van der Waals surface area (Å²) in [6.45, 7) is 3.67. The van der Waals surface area contributed by atoms with Gasteiger partial charge in [-0.25, -0.2) is 14.4 Å². The smallest absolute Gasteiger partial charge is 0.274 e. The molecule has 0 saturated heterocycles. The van der Waals surface area contributed by atoms with Gasteiger partial charge in [-0.2, -0.15) is 0 Å². The van der Waals surface area contributed by atoms with E-state index in [4.69, 9.17) is 4.74 Å². The van der Waals surface area contributed by atoms with E-state index in [1.807, 2.05) is 19.1 Å². The Morgan fingerprint density at radius 3 is 2.63 bits per heavy atom. The first-order valence-corrected chi connectivity index (χ1v) is 8.29. The van der Waals surface area contributed by atoms with Crippen LogP contribution >= 0.6 is 0 Å². The molecule has 0 atom stereocenters. The van der Waals surface area contributed by atoms with Crippen molar-refractivity contribution in [3.63, 3.8) is 0 Å². The summed E-state index contributed by atoms with van der Waals surface area (Å²) < 4.78 is 18.6. The van der Waals surface area contributed by atoms with Crippen LogP contribution in [0.3, 0.4) is 0 Å². The molecule has 0 unspecified atom stereocenters. The molecule has 7 heteroatoms. The fourth-order valence-electron chi connectivity index (χ4n) is 2.54. The van der Waals surface area contributed by atoms with Crippen LogP contribution in [-0.2, 0) is 0 Å². The van der Waals surface area contributed by atoms with Crippen molar-refractivity contribution in [3.8, 4) is 5.75 Å². The van der Waals surface area contributed by atoms with Crippen molar-refractivity contribution < 1.29 is 13.9 Å². The lowest BCUT2D eigenvalue weighted by Gasteiger charge is -2.12. The second-order valence-corrected chi connectivity index (χ2v) is 6.01. The molecule has 27 heavy (non-hydrogen) atoms. The molecule has 1 heterocycles. The summed E-state index contributed by atoms with van der Waals surface area (Å²) in [5.74, 6) is -0.0105. The van der Waals surface area contributed by atoms with E-state index in [0.717, 1.165) is 5.56 Å². The van der Waals surface area contributed by atoms with Crippen LogP contribution in [0.4, 0.5) is 21.7 Å². The van der Waals surface area contributed by atoms with Crippen molar-refractivity contribution in [2.45, 2.75) is 13.8 Å². The molecule has 1 amide bonds. The number of carbonyl (C=O) groups excluding carboxylic acids is 1. The van der Waals surface area contributed by atoms with E-state index < -0.39 is 5.91 Å². The molecule has 0 aliphatic carbocycles. The maximum absolute atomic E-state index is 13.3. The maximum Gasteiger partial charge on any atom is 0.274 e. The Morgan fingerprint density at radius 1 is 1.07 bits per heavy atom. The third-order valence-corrected chi connectivity index (χ3v) is 3.77. The number of rotatable bonds is 5. The Balaban J connectivity index is 1.85. The fourth-order valence-corrected chi connectivity index (χ4v) is 2.54. The summed E-state index contributed by atoms with van der Waals surface area (Å²) in [5, 5.41) is 5.71. The third kappa shape index (κ3) is 4.58. The Kier molecular flexibility index (Phi) is 5.30. The average Bonchev–Trinajstić information content (AvgIpc) is 2.61. The second-order valence-electron chi connectivity index (χ2n) is 6.01. The Labute approximate surface area is 156 Å². The highest BCUT2D eigenvalue weighted by molar-refractivity contribution is 6.04. The van der Waals surface area contributed by atoms with Gasteiger partial charge >= 0.3 is 0 Å². The van der Waals surface area contributed by atoms with Gasteiger partial charge in [0.1, 0.15) is 17.3 Å². The molecule has 2 N–H and O–H groups in total. The molecule has 0 aliphatic heterocycles. The first kappa shape index (κ1) is 18.3. The summed E-state index contributed by atoms with van der Waals surface area (Å²) in [5.41, 5.74) is 2.82. The standard InChI is InChI=1S/C20H19FN4O2/c1-12-7-8-18(27-3)16(9-12)24-19(26)17-10-13(2)22-20(25-17)23-15-6-4-5-14(21)11-15/h4-11H,1-3H3,(H,24,26)(H,22,23,25). The number of nitrogens with zero attached hydrogens (tertiary/aromatic N) is 2. The van der Waals surface area contributed by atoms with E-state index in [2.05, 4.69) is 20.6 Å². The predicted octanol–water partition coefficient (Wildman–Crippen LogP) is 4.24. The predicted molar refractivity (Wildman–Crippen MR) is 102 cm³/mol. The number of hydrogen-bond acceptors (Lipinski definition) is 5. The lowest BCUT2D eigenvalue weighted by atomic mass is 10.2. The molecular formula is C20H19FN4O2. The molecular weight excluding hydrogens is 347 g/mol. The molecule has 0 bridgehead atoms. The van der Waals surface area contributed by atoms with Gasteiger partial charge in [-0.15, -0.1) is 0 Å². The molecule has 0 aliphatic rings. The van der Waals surface area contributed by atoms with Crippen LogP contribution in [0.15, 0.2) is 48.5 Å². The number of nitrogens with one attached hydrogen (secondary N) is 2. The number of benzene rings is 2. The van der Waals surface area contributed by atoms with E-state index in [0.29, 0.717) is 22.8 Å². The maximum atomic E-state index is 13.3. The van der Waals surface area contributed by atoms with Gasteiger partial charge in [0, 0.05) is 11.4 Å². The van der Waals surface area contributed by atoms with Crippen LogP contribution in [-0.4, -0.2) is 23.0 Å². The van der Waals surface area contributed by atoms with Crippen LogP contribution in [0.2, 0.25) is 0 Å². The van der Waals surface area contributed by atoms with Gasteiger partial charge in [0.15, 0.2) is 0 Å². The minimum atomic E-state index is -0.397. The number of halogens is 1. The summed E-state index contributed by atoms with van der Waals surface area (Å²) in [7, 11) is 1.54. The van der Waals surface area contributed by atoms with Crippen molar-refractivity contribution in [2.24, 2.45) is 0 Å². The van der Waals surface area contributed by atoms with Crippen molar-refractivity contribution in [3.05, 3.63) is 71.3 Å². The lowest BCUT2D eigenvalue weighted by Crippen LogP contribution is -2.16. The quantitative estimate of drug-likeness (QED) is 0.706. The number of ether oxygens (including phenoxy) is 1. The average molecular weight is 366 g/mol. The van der Waals surface area contributed by atoms with Crippen LogP contribution in [0.5, 0.6) is 5.75 Å². The molecule has 0 spiro atoms. The van der Waals surface area contributed by atoms with Crippen LogP contribution in [0, 0.1) is 19.7 Å². The van der Waals surface area contributed by atoms with Crippen LogP contribution < -0.4 is 15.4 Å². The zero-order valence-corrected chi connectivity index (χ0v) is 15.2. The number of carbonyl (C=O) groups is 1. The Morgan fingerprint density at radius 2 is 1.89 bits per heavy atom. The monoisotopic (exact) mass is 366 g/mol. The van der Waals surface area contributed by atoms with E-state index in [-0.39, 0.29) is 17.5 Å². The van der Waals surface area contributed by atoms with Gasteiger partial charge in [-0.05, 0) is 55.8 Å². The van der Waals surface area contributed by atoms with Gasteiger partial charge in [0.25, 0.3) is 5.91 Å². The van der Waals surface area contributed by atoms with Gasteiger partial charge in [-0.1, -0.05) is 12.1 Å². The van der Waals surface area contributed by atoms with Gasteiger partial charge < -0.3 is 15.4 Å². The van der Waals surface area contributed by atoms with Gasteiger partial charge in [-0.3, -0.25) is 4.79 Å². The van der Waals surface area contributed by atoms with E-state index in [1.165, 1.54) is 19.2 Å². The zero-order valence-electron chi connectivity index (χ0n) is 15.2. The minimum absolute atomic E-state index is 0.185. The van der Waals surface area contributed by atoms with Gasteiger partial charge in [0.2, 0.25) is 5.95 Å². The lowest BCUT2D eigenvalue weighted by molar-refractivity contribution is 0.102. The topological polar surface area (TPSA) is 76.1 Å². The number of anilines is 3. The molecule has 0 radical (unpaired) electrons. The molecule has 1 aromatic heterocycles. The second kappa shape index (κ2) is 7.82. The highest BCUT2D eigenvalue weighted by Crippen LogP contribution is 2.26. The summed E-state index contributed by atoms with van der Waals surface area (Å²) in [6.07, 6.45) is 0. The number of amides is 1. The van der Waals surface area contributed by atoms with Crippen molar-refractivity contribution in [2.75, 3.05) is 17.7 Å². The van der Waals surface area contributed by atoms with Crippen molar-refractivity contribution in [1.29, 1.82) is 0 Å². The van der Waals surface area contributed by atoms with Crippen LogP contribution in [0.25, 0.3) is 0 Å². The third-order valence-electron chi connectivity index (χ3n) is 3.77. The molecule has 2 aromatic carbocycles. The van der Waals surface area contributed by atoms with Crippen molar-refractivity contribution in [1.82, 2.24) is 9.97 Å². The fraction of sp³-hybridized carbons (Fsp3) is 0.150. The summed E-state index contributed by atoms with van der Waals surface area (Å²) in [4.78, 5) is 21.1. The Bertz CT molecular complexity index is 991. The molecule has 0 saturated carbocycles. The normalized spacial score (nSPS) is 10.4. The number of aromatic nitrogens is 2. The largest absolute Gasteiger partial charge is 0.495 e. The molecule has 138 valence electrons. The first-order chi connectivity index (χ1) is 12.9. The first-order valence-electron chi connectivity index (χ1n) is 8.29. The van der Waals surface area contributed by atoms with E-state index in [1.54, 1.807) is 31.2 Å². The molecule has 0 fully saturated rings. The van der Waals surface area contributed by atoms with E-state index >= 15 is 0 Å². The highest BCUT2D eigenvalue weighted by Gasteiger charge is 2.14. The van der Waals surface area contributed by atoms with E-state index in [9.17, 15) is 9.18 Å². The number of hydrogen-bond donors (Lipinski definition) is 2.